The Bertz CT molecular complexity index is 174. The van der Waals surface area contributed by atoms with Crippen molar-refractivity contribution in [3.05, 3.63) is 0 Å². The summed E-state index contributed by atoms with van der Waals surface area (Å²) in [5.74, 6) is 0. The lowest BCUT2D eigenvalue weighted by molar-refractivity contribution is 0.117. The Balaban J connectivity index is 2.20. The van der Waals surface area contributed by atoms with Gasteiger partial charge in [-0.2, -0.15) is 0 Å². The van der Waals surface area contributed by atoms with Gasteiger partial charge in [-0.3, -0.25) is 0 Å². The summed E-state index contributed by atoms with van der Waals surface area (Å²) >= 11 is 0. The van der Waals surface area contributed by atoms with Gasteiger partial charge in [-0.1, -0.05) is 25.7 Å². The Morgan fingerprint density at radius 3 is 2.58 bits per heavy atom. The molecule has 1 saturated heterocycles. The molecule has 0 saturated carbocycles. The topological polar surface area (TPSA) is 35.5 Å². The zero-order chi connectivity index (χ0) is 9.19. The summed E-state index contributed by atoms with van der Waals surface area (Å²) < 4.78 is 9.60. The first-order valence-electron chi connectivity index (χ1n) is 4.31. The van der Waals surface area contributed by atoms with Gasteiger partial charge in [-0.15, -0.1) is 0 Å². The molecule has 1 fully saturated rings. The van der Waals surface area contributed by atoms with Crippen LogP contribution in [0.2, 0.25) is 25.7 Å². The molecule has 4 heteroatoms. The van der Waals surface area contributed by atoms with Gasteiger partial charge in [0.15, 0.2) is 0 Å². The van der Waals surface area contributed by atoms with Crippen molar-refractivity contribution in [3.63, 3.8) is 0 Å². The second-order valence-electron chi connectivity index (χ2n) is 4.40. The highest BCUT2D eigenvalue weighted by Crippen LogP contribution is 2.18. The Morgan fingerprint density at radius 2 is 2.17 bits per heavy atom. The van der Waals surface area contributed by atoms with Gasteiger partial charge in [0.25, 0.3) is 0 Å². The molecule has 1 atom stereocenters. The smallest absolute Gasteiger partial charge is 0.430 e. The van der Waals surface area contributed by atoms with Crippen molar-refractivity contribution in [1.82, 2.24) is 0 Å². The van der Waals surface area contributed by atoms with Gasteiger partial charge in [0.05, 0.1) is 0 Å². The molecule has 1 aliphatic heterocycles. The maximum atomic E-state index is 10.5. The van der Waals surface area contributed by atoms with E-state index in [4.69, 9.17) is 4.74 Å². The lowest BCUT2D eigenvalue weighted by Gasteiger charge is -2.16. The molecular weight excluding hydrogens is 172 g/mol. The Labute approximate surface area is 74.1 Å². The summed E-state index contributed by atoms with van der Waals surface area (Å²) in [4.78, 5) is 10.5. The van der Waals surface area contributed by atoms with E-state index in [9.17, 15) is 4.79 Å². The number of ether oxygens (including phenoxy) is 2. The number of carbonyl (C=O) groups is 1. The molecule has 1 rings (SSSR count). The third-order valence-corrected chi connectivity index (χ3v) is 3.65. The highest BCUT2D eigenvalue weighted by Gasteiger charge is 2.26. The predicted molar refractivity (Wildman–Crippen MR) is 49.0 cm³/mol. The normalized spacial score (nSPS) is 23.6. The fourth-order valence-electron chi connectivity index (χ4n) is 1.10. The number of hydrogen-bond acceptors (Lipinski definition) is 3. The molecule has 0 amide bonds. The lowest BCUT2D eigenvalue weighted by Crippen LogP contribution is -2.22. The Morgan fingerprint density at radius 1 is 1.50 bits per heavy atom. The van der Waals surface area contributed by atoms with Crippen LogP contribution in [0.1, 0.15) is 6.42 Å². The van der Waals surface area contributed by atoms with E-state index in [-0.39, 0.29) is 6.10 Å². The van der Waals surface area contributed by atoms with Crippen molar-refractivity contribution >= 4 is 14.2 Å². The van der Waals surface area contributed by atoms with Crippen LogP contribution in [0.15, 0.2) is 0 Å². The van der Waals surface area contributed by atoms with Crippen LogP contribution >= 0.6 is 0 Å². The van der Waals surface area contributed by atoms with Crippen LogP contribution in [-0.2, 0) is 9.47 Å². The van der Waals surface area contributed by atoms with Gasteiger partial charge in [0.1, 0.15) is 12.7 Å². The van der Waals surface area contributed by atoms with Gasteiger partial charge in [0, 0.05) is 8.07 Å². The first-order valence-corrected chi connectivity index (χ1v) is 8.01. The Hall–Kier alpha value is -0.513. The average molecular weight is 188 g/mol. The lowest BCUT2D eigenvalue weighted by atomic mass is 10.3. The predicted octanol–water partition coefficient (Wildman–Crippen LogP) is 2.25. The van der Waals surface area contributed by atoms with E-state index in [1.807, 2.05) is 0 Å². The van der Waals surface area contributed by atoms with Crippen LogP contribution in [0.5, 0.6) is 0 Å². The molecule has 3 nitrogen and oxygen atoms in total. The van der Waals surface area contributed by atoms with E-state index in [2.05, 4.69) is 24.4 Å². The van der Waals surface area contributed by atoms with E-state index >= 15 is 0 Å². The molecule has 70 valence electrons. The first-order chi connectivity index (χ1) is 5.47. The van der Waals surface area contributed by atoms with Gasteiger partial charge in [-0.25, -0.2) is 4.79 Å². The summed E-state index contributed by atoms with van der Waals surface area (Å²) in [5, 5.41) is 0. The minimum absolute atomic E-state index is 0.0178. The van der Waals surface area contributed by atoms with Gasteiger partial charge < -0.3 is 9.47 Å². The summed E-state index contributed by atoms with van der Waals surface area (Å²) in [6.45, 7) is 7.38. The van der Waals surface area contributed by atoms with Crippen molar-refractivity contribution in [2.24, 2.45) is 0 Å². The van der Waals surface area contributed by atoms with Crippen LogP contribution in [0.3, 0.4) is 0 Å². The van der Waals surface area contributed by atoms with E-state index in [0.717, 1.165) is 6.42 Å². The number of rotatable bonds is 3. The van der Waals surface area contributed by atoms with Crippen molar-refractivity contribution < 1.29 is 14.3 Å². The minimum atomic E-state index is -0.994. The molecule has 0 aromatic rings. The fourth-order valence-corrected chi connectivity index (χ4v) is 2.29. The quantitative estimate of drug-likeness (QED) is 0.503. The van der Waals surface area contributed by atoms with Crippen LogP contribution < -0.4 is 0 Å². The molecule has 0 bridgehead atoms. The zero-order valence-corrected chi connectivity index (χ0v) is 8.92. The van der Waals surface area contributed by atoms with E-state index < -0.39 is 14.2 Å². The SMILES string of the molecule is C[Si](C)(C)CC[C@H]1COC(=O)O1. The largest absolute Gasteiger partial charge is 0.508 e. The number of cyclic esters (lactones) is 2. The molecule has 0 unspecified atom stereocenters. The third-order valence-electron chi connectivity index (χ3n) is 1.87. The molecule has 1 heterocycles. The first kappa shape index (κ1) is 9.57. The summed E-state index contributed by atoms with van der Waals surface area (Å²) in [6, 6.07) is 1.19. The third kappa shape index (κ3) is 3.26. The molecule has 1 aliphatic rings. The van der Waals surface area contributed by atoms with Crippen LogP contribution in [0.25, 0.3) is 0 Å². The zero-order valence-electron chi connectivity index (χ0n) is 7.92. The molecular formula is C8H16O3Si. The second-order valence-corrected chi connectivity index (χ2v) is 10.0. The fraction of sp³-hybridized carbons (Fsp3) is 0.875. The highest BCUT2D eigenvalue weighted by molar-refractivity contribution is 6.76. The van der Waals surface area contributed by atoms with E-state index in [1.54, 1.807) is 0 Å². The summed E-state index contributed by atoms with van der Waals surface area (Å²) in [6.07, 6.45) is 0.473. The van der Waals surface area contributed by atoms with Crippen molar-refractivity contribution in [1.29, 1.82) is 0 Å². The molecule has 0 aromatic carbocycles. The standard InChI is InChI=1S/C8H16O3Si/c1-12(2,3)5-4-7-6-10-8(9)11-7/h7H,4-6H2,1-3H3/t7-/m0/s1. The van der Waals surface area contributed by atoms with Crippen molar-refractivity contribution in [3.8, 4) is 0 Å². The van der Waals surface area contributed by atoms with Crippen molar-refractivity contribution in [2.75, 3.05) is 6.61 Å². The molecule has 0 spiro atoms. The molecule has 0 aliphatic carbocycles. The molecule has 0 N–H and O–H groups in total. The van der Waals surface area contributed by atoms with Crippen molar-refractivity contribution in [2.45, 2.75) is 38.2 Å². The summed E-state index contributed by atoms with van der Waals surface area (Å²) in [5.41, 5.74) is 0. The highest BCUT2D eigenvalue weighted by atomic mass is 28.3. The maximum absolute atomic E-state index is 10.5. The van der Waals surface area contributed by atoms with Gasteiger partial charge in [-0.05, 0) is 6.42 Å². The Kier molecular flexibility index (Phi) is 2.77. The number of hydrogen-bond donors (Lipinski definition) is 0. The van der Waals surface area contributed by atoms with Crippen LogP contribution in [0.4, 0.5) is 4.79 Å². The maximum Gasteiger partial charge on any atom is 0.508 e. The van der Waals surface area contributed by atoms with Gasteiger partial charge in [0.2, 0.25) is 0 Å². The monoisotopic (exact) mass is 188 g/mol. The summed E-state index contributed by atoms with van der Waals surface area (Å²) in [7, 11) is -0.994. The molecule has 0 radical (unpaired) electrons. The molecule has 12 heavy (non-hydrogen) atoms. The van der Waals surface area contributed by atoms with Crippen LogP contribution in [0, 0.1) is 0 Å². The van der Waals surface area contributed by atoms with E-state index in [0.29, 0.717) is 6.61 Å². The second kappa shape index (κ2) is 3.47. The van der Waals surface area contributed by atoms with Gasteiger partial charge >= 0.3 is 6.16 Å². The number of carbonyl (C=O) groups excluding carboxylic acids is 1. The molecule has 0 aromatic heterocycles. The minimum Gasteiger partial charge on any atom is -0.430 e. The van der Waals surface area contributed by atoms with Crippen LogP contribution in [-0.4, -0.2) is 26.9 Å². The van der Waals surface area contributed by atoms with E-state index in [1.165, 1.54) is 6.04 Å². The average Bonchev–Trinajstić information content (AvgIpc) is 2.30.